The van der Waals surface area contributed by atoms with Crippen molar-refractivity contribution in [2.75, 3.05) is 7.11 Å². The molecule has 0 aromatic carbocycles. The molecule has 2 rings (SSSR count). The van der Waals surface area contributed by atoms with Gasteiger partial charge in [-0.25, -0.2) is 9.59 Å². The first-order valence-corrected chi connectivity index (χ1v) is 7.29. The van der Waals surface area contributed by atoms with E-state index in [0.29, 0.717) is 22.4 Å². The van der Waals surface area contributed by atoms with Gasteiger partial charge in [-0.1, -0.05) is 0 Å². The number of aromatic amines is 1. The predicted octanol–water partition coefficient (Wildman–Crippen LogP) is 2.24. The number of rotatable bonds is 5. The lowest BCUT2D eigenvalue weighted by molar-refractivity contribution is 0.0316. The van der Waals surface area contributed by atoms with E-state index < -0.39 is 23.8 Å². The minimum atomic E-state index is -1.01. The third-order valence-electron chi connectivity index (χ3n) is 3.64. The van der Waals surface area contributed by atoms with Gasteiger partial charge in [0.15, 0.2) is 6.10 Å². The average molecular weight is 330 g/mol. The second kappa shape index (κ2) is 7.08. The van der Waals surface area contributed by atoms with Crippen molar-refractivity contribution in [3.8, 4) is 0 Å². The number of carbonyl (C=O) groups excluding carboxylic acids is 3. The lowest BCUT2D eigenvalue weighted by Gasteiger charge is -2.12. The number of H-pyrrole nitrogens is 1. The van der Waals surface area contributed by atoms with Crippen molar-refractivity contribution in [3.05, 3.63) is 52.6 Å². The Morgan fingerprint density at radius 2 is 1.75 bits per heavy atom. The van der Waals surface area contributed by atoms with Crippen LogP contribution < -0.4 is 0 Å². The summed E-state index contributed by atoms with van der Waals surface area (Å²) in [6.07, 6.45) is 1.92. The number of Topliss-reactive ketones (excluding diaryl/α,β-unsaturated/α-hetero) is 1. The number of methoxy groups -OCH3 is 1. The van der Waals surface area contributed by atoms with E-state index in [1.54, 1.807) is 13.8 Å². The minimum absolute atomic E-state index is 0.225. The maximum absolute atomic E-state index is 12.5. The number of hydrogen-bond acceptors (Lipinski definition) is 6. The molecule has 0 unspecified atom stereocenters. The third-order valence-corrected chi connectivity index (χ3v) is 3.64. The zero-order chi connectivity index (χ0) is 17.9. The molecular formula is C17H18N2O5. The van der Waals surface area contributed by atoms with Gasteiger partial charge in [0.2, 0.25) is 5.78 Å². The fraction of sp³-hybridized carbons (Fsp3) is 0.294. The molecule has 0 aliphatic carbocycles. The monoisotopic (exact) mass is 330 g/mol. The Labute approximate surface area is 139 Å². The Balaban J connectivity index is 2.20. The molecule has 1 atom stereocenters. The molecule has 24 heavy (non-hydrogen) atoms. The highest BCUT2D eigenvalue weighted by Gasteiger charge is 2.27. The zero-order valence-corrected chi connectivity index (χ0v) is 13.9. The number of nitrogens with one attached hydrogen (secondary N) is 1. The summed E-state index contributed by atoms with van der Waals surface area (Å²) in [5.74, 6) is -1.57. The summed E-state index contributed by atoms with van der Waals surface area (Å²) in [5.41, 5.74) is 1.84. The minimum Gasteiger partial charge on any atom is -0.465 e. The van der Waals surface area contributed by atoms with Crippen molar-refractivity contribution >= 4 is 17.7 Å². The molecule has 0 aliphatic rings. The molecule has 0 fully saturated rings. The lowest BCUT2D eigenvalue weighted by atomic mass is 10.1. The van der Waals surface area contributed by atoms with Crippen LogP contribution >= 0.6 is 0 Å². The molecule has 0 spiro atoms. The number of hydrogen-bond donors (Lipinski definition) is 1. The number of ketones is 1. The second-order valence-corrected chi connectivity index (χ2v) is 5.26. The summed E-state index contributed by atoms with van der Waals surface area (Å²) in [5, 5.41) is 0. The number of carbonyl (C=O) groups is 3. The van der Waals surface area contributed by atoms with Gasteiger partial charge in [-0.05, 0) is 38.5 Å². The fourth-order valence-electron chi connectivity index (χ4n) is 2.38. The molecule has 2 aromatic rings. The topological polar surface area (TPSA) is 98.4 Å². The normalized spacial score (nSPS) is 11.7. The van der Waals surface area contributed by atoms with Crippen LogP contribution in [0, 0.1) is 13.8 Å². The number of aromatic nitrogens is 2. The van der Waals surface area contributed by atoms with Crippen LogP contribution in [0.15, 0.2) is 24.5 Å². The van der Waals surface area contributed by atoms with Crippen LogP contribution in [0.25, 0.3) is 0 Å². The van der Waals surface area contributed by atoms with Gasteiger partial charge in [0.05, 0.1) is 23.9 Å². The molecule has 2 aromatic heterocycles. The lowest BCUT2D eigenvalue weighted by Crippen LogP contribution is -2.25. The molecule has 126 valence electrons. The first-order chi connectivity index (χ1) is 11.4. The van der Waals surface area contributed by atoms with Crippen LogP contribution in [0.4, 0.5) is 0 Å². The van der Waals surface area contributed by atoms with Crippen molar-refractivity contribution < 1.29 is 23.9 Å². The molecule has 7 heteroatoms. The van der Waals surface area contributed by atoms with Crippen LogP contribution in [-0.4, -0.2) is 40.9 Å². The first-order valence-electron chi connectivity index (χ1n) is 7.29. The second-order valence-electron chi connectivity index (χ2n) is 5.26. The van der Waals surface area contributed by atoms with Gasteiger partial charge in [0, 0.05) is 18.1 Å². The van der Waals surface area contributed by atoms with Gasteiger partial charge >= 0.3 is 11.9 Å². The largest absolute Gasteiger partial charge is 0.465 e. The average Bonchev–Trinajstić information content (AvgIpc) is 2.88. The maximum Gasteiger partial charge on any atom is 0.339 e. The summed E-state index contributed by atoms with van der Waals surface area (Å²) in [6, 6.07) is 3.00. The van der Waals surface area contributed by atoms with Crippen LogP contribution in [0.5, 0.6) is 0 Å². The Hall–Kier alpha value is -2.96. The molecule has 1 N–H and O–H groups in total. The standard InChI is InChI=1S/C17H18N2O5/c1-9-13(17(22)23-4)10(2)19-14(9)15(20)11(3)24-16(21)12-5-7-18-8-6-12/h5-8,11,19H,1-4H3/t11-/m1/s1. The SMILES string of the molecule is COC(=O)c1c(C)[nH]c(C(=O)[C@@H](C)OC(=O)c2ccncc2)c1C. The molecule has 2 heterocycles. The van der Waals surface area contributed by atoms with E-state index in [1.807, 2.05) is 0 Å². The molecule has 0 radical (unpaired) electrons. The summed E-state index contributed by atoms with van der Waals surface area (Å²) < 4.78 is 9.90. The first kappa shape index (κ1) is 17.4. The van der Waals surface area contributed by atoms with E-state index in [2.05, 4.69) is 9.97 Å². The van der Waals surface area contributed by atoms with E-state index in [4.69, 9.17) is 9.47 Å². The van der Waals surface area contributed by atoms with Gasteiger partial charge in [-0.3, -0.25) is 9.78 Å². The smallest absolute Gasteiger partial charge is 0.339 e. The van der Waals surface area contributed by atoms with Crippen LogP contribution in [0.2, 0.25) is 0 Å². The molecule has 0 amide bonds. The van der Waals surface area contributed by atoms with Gasteiger partial charge in [0.25, 0.3) is 0 Å². The highest BCUT2D eigenvalue weighted by Crippen LogP contribution is 2.21. The Morgan fingerprint density at radius 3 is 2.33 bits per heavy atom. The Morgan fingerprint density at radius 1 is 1.12 bits per heavy atom. The quantitative estimate of drug-likeness (QED) is 0.667. The van der Waals surface area contributed by atoms with E-state index >= 15 is 0 Å². The van der Waals surface area contributed by atoms with Crippen molar-refractivity contribution in [1.29, 1.82) is 0 Å². The summed E-state index contributed by atoms with van der Waals surface area (Å²) in [7, 11) is 1.27. The van der Waals surface area contributed by atoms with Crippen molar-refractivity contribution in [2.24, 2.45) is 0 Å². The van der Waals surface area contributed by atoms with Gasteiger partial charge in [-0.15, -0.1) is 0 Å². The van der Waals surface area contributed by atoms with Crippen LogP contribution in [-0.2, 0) is 9.47 Å². The zero-order valence-electron chi connectivity index (χ0n) is 13.9. The molecule has 0 saturated carbocycles. The third kappa shape index (κ3) is 3.34. The molecule has 0 aliphatic heterocycles. The summed E-state index contributed by atoms with van der Waals surface area (Å²) in [6.45, 7) is 4.79. The van der Waals surface area contributed by atoms with Crippen molar-refractivity contribution in [1.82, 2.24) is 9.97 Å². The van der Waals surface area contributed by atoms with Gasteiger partial charge < -0.3 is 14.5 Å². The highest BCUT2D eigenvalue weighted by atomic mass is 16.5. The summed E-state index contributed by atoms with van der Waals surface area (Å²) >= 11 is 0. The number of nitrogens with zero attached hydrogens (tertiary/aromatic N) is 1. The van der Waals surface area contributed by atoms with E-state index in [0.717, 1.165) is 0 Å². The van der Waals surface area contributed by atoms with Gasteiger partial charge in [-0.2, -0.15) is 0 Å². The van der Waals surface area contributed by atoms with Crippen LogP contribution in [0.3, 0.4) is 0 Å². The number of esters is 2. The molecular weight excluding hydrogens is 312 g/mol. The van der Waals surface area contributed by atoms with Crippen molar-refractivity contribution in [3.63, 3.8) is 0 Å². The maximum atomic E-state index is 12.5. The molecule has 0 bridgehead atoms. The highest BCUT2D eigenvalue weighted by molar-refractivity contribution is 6.04. The Bertz CT molecular complexity index is 780. The van der Waals surface area contributed by atoms with E-state index in [1.165, 1.54) is 38.6 Å². The number of pyridine rings is 1. The van der Waals surface area contributed by atoms with Gasteiger partial charge in [0.1, 0.15) is 0 Å². The molecule has 0 saturated heterocycles. The number of ether oxygens (including phenoxy) is 2. The number of aryl methyl sites for hydroxylation is 1. The fourth-order valence-corrected chi connectivity index (χ4v) is 2.38. The van der Waals surface area contributed by atoms with Crippen LogP contribution in [0.1, 0.15) is 49.4 Å². The predicted molar refractivity (Wildman–Crippen MR) is 85.1 cm³/mol. The van der Waals surface area contributed by atoms with E-state index in [9.17, 15) is 14.4 Å². The molecule has 7 nitrogen and oxygen atoms in total. The van der Waals surface area contributed by atoms with Crippen molar-refractivity contribution in [2.45, 2.75) is 26.9 Å². The van der Waals surface area contributed by atoms with E-state index in [-0.39, 0.29) is 5.69 Å². The Kier molecular flexibility index (Phi) is 5.13. The summed E-state index contributed by atoms with van der Waals surface area (Å²) in [4.78, 5) is 43.0.